The highest BCUT2D eigenvalue weighted by Crippen LogP contribution is 2.31. The molecule has 96 valence electrons. The largest absolute Gasteiger partial charge is 0.487 e. The molecule has 0 saturated carbocycles. The molecule has 0 saturated heterocycles. The Morgan fingerprint density at radius 2 is 1.95 bits per heavy atom. The van der Waals surface area contributed by atoms with Crippen molar-refractivity contribution >= 4 is 15.9 Å². The van der Waals surface area contributed by atoms with Crippen molar-refractivity contribution in [3.8, 4) is 11.8 Å². The van der Waals surface area contributed by atoms with Crippen molar-refractivity contribution in [2.45, 2.75) is 20.5 Å². The third-order valence-corrected chi connectivity index (χ3v) is 3.47. The topological polar surface area (TPSA) is 33.0 Å². The minimum atomic E-state index is 0.395. The summed E-state index contributed by atoms with van der Waals surface area (Å²) in [6, 6.07) is 13.8. The van der Waals surface area contributed by atoms with Gasteiger partial charge in [0, 0.05) is 5.56 Å². The summed E-state index contributed by atoms with van der Waals surface area (Å²) in [6.45, 7) is 4.46. The fourth-order valence-electron chi connectivity index (χ4n) is 1.99. The maximum atomic E-state index is 9.05. The van der Waals surface area contributed by atoms with Crippen LogP contribution in [0.3, 0.4) is 0 Å². The molecule has 2 nitrogen and oxygen atoms in total. The summed E-state index contributed by atoms with van der Waals surface area (Å²) < 4.78 is 6.80. The molecule has 3 heteroatoms. The lowest BCUT2D eigenvalue weighted by atomic mass is 10.1. The highest BCUT2D eigenvalue weighted by atomic mass is 79.9. The normalized spacial score (nSPS) is 10.0. The Morgan fingerprint density at radius 1 is 1.21 bits per heavy atom. The Hall–Kier alpha value is -1.79. The van der Waals surface area contributed by atoms with Crippen LogP contribution in [-0.4, -0.2) is 0 Å². The van der Waals surface area contributed by atoms with Gasteiger partial charge in [0.2, 0.25) is 0 Å². The first kappa shape index (κ1) is 13.6. The summed E-state index contributed by atoms with van der Waals surface area (Å²) >= 11 is 3.52. The minimum absolute atomic E-state index is 0.395. The Morgan fingerprint density at radius 3 is 2.63 bits per heavy atom. The van der Waals surface area contributed by atoms with Gasteiger partial charge in [-0.3, -0.25) is 0 Å². The van der Waals surface area contributed by atoms with E-state index < -0.39 is 0 Å². The van der Waals surface area contributed by atoms with Gasteiger partial charge >= 0.3 is 0 Å². The van der Waals surface area contributed by atoms with Crippen LogP contribution in [0.1, 0.15) is 22.3 Å². The fourth-order valence-corrected chi connectivity index (χ4v) is 2.78. The van der Waals surface area contributed by atoms with Crippen LogP contribution >= 0.6 is 15.9 Å². The Labute approximate surface area is 121 Å². The molecule has 0 aliphatic rings. The number of hydrogen-bond acceptors (Lipinski definition) is 2. The number of benzene rings is 2. The van der Waals surface area contributed by atoms with Gasteiger partial charge in [-0.15, -0.1) is 0 Å². The molecule has 2 aromatic carbocycles. The molecular formula is C16H14BrNO. The van der Waals surface area contributed by atoms with E-state index in [4.69, 9.17) is 10.00 Å². The summed E-state index contributed by atoms with van der Waals surface area (Å²) in [4.78, 5) is 0. The monoisotopic (exact) mass is 315 g/mol. The van der Waals surface area contributed by atoms with Crippen molar-refractivity contribution in [1.29, 1.82) is 5.26 Å². The summed E-state index contributed by atoms with van der Waals surface area (Å²) in [5.41, 5.74) is 3.83. The molecule has 2 rings (SSSR count). The van der Waals surface area contributed by atoms with Crippen LogP contribution in [0.15, 0.2) is 40.9 Å². The molecule has 0 aliphatic heterocycles. The molecule has 0 unspecified atom stereocenters. The Balaban J connectivity index is 2.22. The molecule has 0 aliphatic carbocycles. The third kappa shape index (κ3) is 3.15. The van der Waals surface area contributed by atoms with Gasteiger partial charge in [0.1, 0.15) is 12.4 Å². The third-order valence-electron chi connectivity index (χ3n) is 2.88. The zero-order chi connectivity index (χ0) is 13.8. The van der Waals surface area contributed by atoms with Crippen molar-refractivity contribution in [2.75, 3.05) is 0 Å². The van der Waals surface area contributed by atoms with Crippen LogP contribution in [-0.2, 0) is 6.61 Å². The summed E-state index contributed by atoms with van der Waals surface area (Å²) in [5.74, 6) is 0.832. The van der Waals surface area contributed by atoms with E-state index in [0.29, 0.717) is 12.2 Å². The molecule has 0 aromatic heterocycles. The summed E-state index contributed by atoms with van der Waals surface area (Å²) in [7, 11) is 0. The lowest BCUT2D eigenvalue weighted by molar-refractivity contribution is 0.301. The van der Waals surface area contributed by atoms with Crippen LogP contribution in [0.25, 0.3) is 0 Å². The van der Waals surface area contributed by atoms with Gasteiger partial charge in [-0.25, -0.2) is 0 Å². The molecule has 0 amide bonds. The van der Waals surface area contributed by atoms with Crippen LogP contribution < -0.4 is 4.74 Å². The van der Waals surface area contributed by atoms with Gasteiger partial charge in [-0.1, -0.05) is 24.3 Å². The first-order chi connectivity index (χ1) is 9.11. The maximum Gasteiger partial charge on any atom is 0.136 e. The van der Waals surface area contributed by atoms with E-state index in [2.05, 4.69) is 28.1 Å². The Bertz CT molecular complexity index is 620. The predicted molar refractivity (Wildman–Crippen MR) is 79.1 cm³/mol. The molecular weight excluding hydrogens is 302 g/mol. The maximum absolute atomic E-state index is 9.05. The predicted octanol–water partition coefficient (Wildman–Crippen LogP) is 4.52. The smallest absolute Gasteiger partial charge is 0.136 e. The quantitative estimate of drug-likeness (QED) is 0.834. The van der Waals surface area contributed by atoms with Crippen molar-refractivity contribution in [2.24, 2.45) is 0 Å². The molecule has 0 heterocycles. The molecule has 0 N–H and O–H groups in total. The number of ether oxygens (including phenoxy) is 1. The van der Waals surface area contributed by atoms with E-state index in [0.717, 1.165) is 21.3 Å². The Kier molecular flexibility index (Phi) is 4.24. The highest BCUT2D eigenvalue weighted by molar-refractivity contribution is 9.10. The number of nitriles is 1. The first-order valence-corrected chi connectivity index (χ1v) is 6.78. The van der Waals surface area contributed by atoms with E-state index in [1.807, 2.05) is 38.1 Å². The molecule has 19 heavy (non-hydrogen) atoms. The van der Waals surface area contributed by atoms with Crippen LogP contribution in [0.2, 0.25) is 0 Å². The lowest BCUT2D eigenvalue weighted by Gasteiger charge is -2.12. The van der Waals surface area contributed by atoms with E-state index in [9.17, 15) is 0 Å². The second kappa shape index (κ2) is 5.90. The number of aryl methyl sites for hydroxylation is 2. The SMILES string of the molecule is Cc1cc(C)c(OCc2ccccc2C#N)c(Br)c1. The van der Waals surface area contributed by atoms with Crippen LogP contribution in [0, 0.1) is 25.2 Å². The lowest BCUT2D eigenvalue weighted by Crippen LogP contribution is -2.00. The average molecular weight is 316 g/mol. The van der Waals surface area contributed by atoms with Gasteiger partial charge in [-0.05, 0) is 53.0 Å². The number of hydrogen-bond donors (Lipinski definition) is 0. The first-order valence-electron chi connectivity index (χ1n) is 5.99. The fraction of sp³-hybridized carbons (Fsp3) is 0.188. The second-order valence-corrected chi connectivity index (χ2v) is 5.30. The van der Waals surface area contributed by atoms with Crippen LogP contribution in [0.4, 0.5) is 0 Å². The molecule has 0 spiro atoms. The van der Waals surface area contributed by atoms with Crippen molar-refractivity contribution in [1.82, 2.24) is 0 Å². The molecule has 2 aromatic rings. The summed E-state index contributed by atoms with van der Waals surface area (Å²) in [6.07, 6.45) is 0. The van der Waals surface area contributed by atoms with Crippen molar-refractivity contribution < 1.29 is 4.74 Å². The zero-order valence-electron chi connectivity index (χ0n) is 10.9. The standard InChI is InChI=1S/C16H14BrNO/c1-11-7-12(2)16(15(17)8-11)19-10-14-6-4-3-5-13(14)9-18/h3-8H,10H2,1-2H3. The van der Waals surface area contributed by atoms with Gasteiger partial charge in [-0.2, -0.15) is 5.26 Å². The average Bonchev–Trinajstić information content (AvgIpc) is 2.38. The molecule has 0 fully saturated rings. The number of halogens is 1. The summed E-state index contributed by atoms with van der Waals surface area (Å²) in [5, 5.41) is 9.05. The van der Waals surface area contributed by atoms with E-state index >= 15 is 0 Å². The molecule has 0 atom stereocenters. The van der Waals surface area contributed by atoms with Gasteiger partial charge in [0.05, 0.1) is 16.1 Å². The number of nitrogens with zero attached hydrogens (tertiary/aromatic N) is 1. The van der Waals surface area contributed by atoms with Crippen LogP contribution in [0.5, 0.6) is 5.75 Å². The van der Waals surface area contributed by atoms with E-state index in [1.54, 1.807) is 6.07 Å². The van der Waals surface area contributed by atoms with Gasteiger partial charge in [0.15, 0.2) is 0 Å². The zero-order valence-corrected chi connectivity index (χ0v) is 12.5. The van der Waals surface area contributed by atoms with Crippen molar-refractivity contribution in [3.05, 3.63) is 63.1 Å². The minimum Gasteiger partial charge on any atom is -0.487 e. The van der Waals surface area contributed by atoms with E-state index in [1.165, 1.54) is 5.56 Å². The van der Waals surface area contributed by atoms with Gasteiger partial charge < -0.3 is 4.74 Å². The molecule has 0 bridgehead atoms. The molecule has 0 radical (unpaired) electrons. The highest BCUT2D eigenvalue weighted by Gasteiger charge is 2.08. The van der Waals surface area contributed by atoms with E-state index in [-0.39, 0.29) is 0 Å². The van der Waals surface area contributed by atoms with Gasteiger partial charge in [0.25, 0.3) is 0 Å². The number of rotatable bonds is 3. The second-order valence-electron chi connectivity index (χ2n) is 4.45. The van der Waals surface area contributed by atoms with Crippen molar-refractivity contribution in [3.63, 3.8) is 0 Å².